The van der Waals surface area contributed by atoms with Gasteiger partial charge in [0.15, 0.2) is 11.6 Å². The quantitative estimate of drug-likeness (QED) is 0.597. The predicted molar refractivity (Wildman–Crippen MR) is 97.2 cm³/mol. The van der Waals surface area contributed by atoms with E-state index in [2.05, 4.69) is 17.6 Å². The van der Waals surface area contributed by atoms with Crippen molar-refractivity contribution in [3.8, 4) is 18.6 Å². The summed E-state index contributed by atoms with van der Waals surface area (Å²) in [7, 11) is 4.54. The van der Waals surface area contributed by atoms with Gasteiger partial charge in [-0.25, -0.2) is 4.39 Å². The molecule has 0 bridgehead atoms. The standard InChI is InChI=1S/C10H10FNO2.C8H14O2.C2H2/c1-12-5-6-3-8(11)9(14-2)4-7(6)10(12)13;1-10-8(9)7-5-3-2-4-6-7;1-2/h3-4H,5H2,1-2H3;7H,2-6H2,1H3;1-2H. The van der Waals surface area contributed by atoms with Gasteiger partial charge in [-0.2, -0.15) is 0 Å². The van der Waals surface area contributed by atoms with Crippen molar-refractivity contribution < 1.29 is 23.5 Å². The number of ether oxygens (including phenoxy) is 2. The van der Waals surface area contributed by atoms with Gasteiger partial charge in [-0.05, 0) is 30.5 Å². The van der Waals surface area contributed by atoms with Gasteiger partial charge in [0.25, 0.3) is 5.91 Å². The van der Waals surface area contributed by atoms with Crippen molar-refractivity contribution in [2.75, 3.05) is 21.3 Å². The maximum absolute atomic E-state index is 13.2. The van der Waals surface area contributed by atoms with Crippen LogP contribution in [0.2, 0.25) is 0 Å². The van der Waals surface area contributed by atoms with E-state index in [0.717, 1.165) is 18.4 Å². The number of rotatable bonds is 2. The van der Waals surface area contributed by atoms with Gasteiger partial charge in [-0.15, -0.1) is 12.8 Å². The highest BCUT2D eigenvalue weighted by Crippen LogP contribution is 2.28. The van der Waals surface area contributed by atoms with E-state index in [4.69, 9.17) is 4.74 Å². The average molecular weight is 363 g/mol. The summed E-state index contributed by atoms with van der Waals surface area (Å²) in [4.78, 5) is 24.0. The number of carbonyl (C=O) groups excluding carboxylic acids is 2. The van der Waals surface area contributed by atoms with Gasteiger partial charge < -0.3 is 14.4 Å². The summed E-state index contributed by atoms with van der Waals surface area (Å²) < 4.78 is 22.7. The van der Waals surface area contributed by atoms with E-state index in [0.29, 0.717) is 12.1 Å². The van der Waals surface area contributed by atoms with Crippen LogP contribution in [0.25, 0.3) is 0 Å². The maximum atomic E-state index is 13.2. The van der Waals surface area contributed by atoms with Crippen LogP contribution in [0.3, 0.4) is 0 Å². The number of halogens is 1. The number of amides is 1. The zero-order valence-corrected chi connectivity index (χ0v) is 15.6. The maximum Gasteiger partial charge on any atom is 0.308 e. The molecule has 1 fully saturated rings. The molecule has 26 heavy (non-hydrogen) atoms. The number of benzene rings is 1. The van der Waals surface area contributed by atoms with Crippen molar-refractivity contribution in [1.82, 2.24) is 4.90 Å². The molecular weight excluding hydrogens is 337 g/mol. The highest BCUT2D eigenvalue weighted by molar-refractivity contribution is 5.98. The van der Waals surface area contributed by atoms with Crippen LogP contribution < -0.4 is 4.74 Å². The van der Waals surface area contributed by atoms with Crippen LogP contribution in [-0.2, 0) is 16.1 Å². The lowest BCUT2D eigenvalue weighted by atomic mass is 9.89. The van der Waals surface area contributed by atoms with Crippen molar-refractivity contribution in [3.63, 3.8) is 0 Å². The van der Waals surface area contributed by atoms with Gasteiger partial charge in [-0.1, -0.05) is 19.3 Å². The first-order chi connectivity index (χ1) is 12.5. The van der Waals surface area contributed by atoms with Gasteiger partial charge in [0.1, 0.15) is 0 Å². The molecule has 1 aliphatic heterocycles. The minimum Gasteiger partial charge on any atom is -0.494 e. The molecule has 1 heterocycles. The molecule has 0 radical (unpaired) electrons. The Labute approximate surface area is 154 Å². The fourth-order valence-corrected chi connectivity index (χ4v) is 3.12. The molecule has 0 N–H and O–H groups in total. The van der Waals surface area contributed by atoms with E-state index >= 15 is 0 Å². The number of hydrogen-bond acceptors (Lipinski definition) is 4. The minimum atomic E-state index is -0.422. The zero-order chi connectivity index (χ0) is 19.7. The Hall–Kier alpha value is -2.55. The molecule has 0 unspecified atom stereocenters. The molecular formula is C20H26FNO4. The molecule has 0 saturated heterocycles. The van der Waals surface area contributed by atoms with Crippen molar-refractivity contribution >= 4 is 11.9 Å². The van der Waals surface area contributed by atoms with Crippen LogP contribution in [0.5, 0.6) is 5.75 Å². The Morgan fingerprint density at radius 1 is 1.19 bits per heavy atom. The summed E-state index contributed by atoms with van der Waals surface area (Å²) in [5.74, 6) is -0.196. The summed E-state index contributed by atoms with van der Waals surface area (Å²) >= 11 is 0. The van der Waals surface area contributed by atoms with E-state index in [-0.39, 0.29) is 23.5 Å². The van der Waals surface area contributed by atoms with E-state index in [1.54, 1.807) is 11.9 Å². The molecule has 3 rings (SSSR count). The molecule has 6 heteroatoms. The molecule has 0 aromatic heterocycles. The molecule has 5 nitrogen and oxygen atoms in total. The molecule has 1 amide bonds. The average Bonchev–Trinajstić information content (AvgIpc) is 2.96. The van der Waals surface area contributed by atoms with Crippen LogP contribution >= 0.6 is 0 Å². The molecule has 142 valence electrons. The largest absolute Gasteiger partial charge is 0.494 e. The van der Waals surface area contributed by atoms with Crippen molar-refractivity contribution in [2.45, 2.75) is 38.6 Å². The second-order valence-corrected chi connectivity index (χ2v) is 6.16. The third-order valence-electron chi connectivity index (χ3n) is 4.50. The van der Waals surface area contributed by atoms with Crippen LogP contribution in [0.4, 0.5) is 4.39 Å². The molecule has 1 aromatic carbocycles. The third kappa shape index (κ3) is 5.22. The number of esters is 1. The lowest BCUT2D eigenvalue weighted by Gasteiger charge is -2.18. The third-order valence-corrected chi connectivity index (χ3v) is 4.50. The van der Waals surface area contributed by atoms with Gasteiger partial charge in [0.2, 0.25) is 0 Å². The van der Waals surface area contributed by atoms with Crippen LogP contribution in [-0.4, -0.2) is 38.0 Å². The van der Waals surface area contributed by atoms with Crippen molar-refractivity contribution in [3.05, 3.63) is 29.1 Å². The van der Waals surface area contributed by atoms with Gasteiger partial charge in [0, 0.05) is 19.2 Å². The molecule has 0 atom stereocenters. The topological polar surface area (TPSA) is 55.8 Å². The lowest BCUT2D eigenvalue weighted by molar-refractivity contribution is -0.146. The normalized spacial score (nSPS) is 15.8. The summed E-state index contributed by atoms with van der Waals surface area (Å²) in [6, 6.07) is 2.81. The van der Waals surface area contributed by atoms with Crippen molar-refractivity contribution in [2.24, 2.45) is 5.92 Å². The molecule has 1 aromatic rings. The van der Waals surface area contributed by atoms with Crippen LogP contribution in [0.15, 0.2) is 12.1 Å². The smallest absolute Gasteiger partial charge is 0.308 e. The summed E-state index contributed by atoms with van der Waals surface area (Å²) in [6.45, 7) is 0.467. The van der Waals surface area contributed by atoms with Gasteiger partial charge in [0.05, 0.1) is 20.1 Å². The number of fused-ring (bicyclic) bond motifs is 1. The molecule has 1 saturated carbocycles. The molecule has 0 spiro atoms. The number of carbonyl (C=O) groups is 2. The first-order valence-corrected chi connectivity index (χ1v) is 8.51. The first kappa shape index (κ1) is 21.5. The molecule has 2 aliphatic rings. The Kier molecular flexibility index (Phi) is 8.63. The summed E-state index contributed by atoms with van der Waals surface area (Å²) in [6.07, 6.45) is 13.7. The number of methoxy groups -OCH3 is 2. The first-order valence-electron chi connectivity index (χ1n) is 8.51. The summed E-state index contributed by atoms with van der Waals surface area (Å²) in [5, 5.41) is 0. The summed E-state index contributed by atoms with van der Waals surface area (Å²) in [5.41, 5.74) is 1.25. The van der Waals surface area contributed by atoms with E-state index in [1.165, 1.54) is 45.6 Å². The SMILES string of the molecule is C#C.COC(=O)C1CCCCC1.COc1cc2c(cc1F)CN(C)C2=O. The van der Waals surface area contributed by atoms with E-state index in [9.17, 15) is 14.0 Å². The number of nitrogens with zero attached hydrogens (tertiary/aromatic N) is 1. The Balaban J connectivity index is 0.000000249. The second kappa shape index (κ2) is 10.4. The zero-order valence-electron chi connectivity index (χ0n) is 15.6. The Morgan fingerprint density at radius 3 is 2.35 bits per heavy atom. The highest BCUT2D eigenvalue weighted by Gasteiger charge is 2.26. The fraction of sp³-hybridized carbons (Fsp3) is 0.500. The molecule has 1 aliphatic carbocycles. The predicted octanol–water partition coefficient (Wildman–Crippen LogP) is 3.41. The van der Waals surface area contributed by atoms with Gasteiger partial charge >= 0.3 is 5.97 Å². The van der Waals surface area contributed by atoms with Crippen molar-refractivity contribution in [1.29, 1.82) is 0 Å². The Morgan fingerprint density at radius 2 is 1.81 bits per heavy atom. The second-order valence-electron chi connectivity index (χ2n) is 6.16. The van der Waals surface area contributed by atoms with Gasteiger partial charge in [-0.3, -0.25) is 9.59 Å². The number of terminal acetylenes is 1. The monoisotopic (exact) mass is 363 g/mol. The fourth-order valence-electron chi connectivity index (χ4n) is 3.12. The lowest BCUT2D eigenvalue weighted by Crippen LogP contribution is -2.18. The van der Waals surface area contributed by atoms with E-state index < -0.39 is 5.82 Å². The van der Waals surface area contributed by atoms with Crippen LogP contribution in [0.1, 0.15) is 48.0 Å². The minimum absolute atomic E-state index is 0.0142. The number of hydrogen-bond donors (Lipinski definition) is 0. The van der Waals surface area contributed by atoms with Crippen LogP contribution in [0, 0.1) is 24.6 Å². The van der Waals surface area contributed by atoms with E-state index in [1.807, 2.05) is 0 Å². The highest BCUT2D eigenvalue weighted by atomic mass is 19.1. The Bertz CT molecular complexity index is 651.